The van der Waals surface area contributed by atoms with Crippen molar-refractivity contribution >= 4 is 23.8 Å². The molecule has 0 spiro atoms. The first-order valence-corrected chi connectivity index (χ1v) is 7.99. The van der Waals surface area contributed by atoms with Gasteiger partial charge in [-0.25, -0.2) is 19.3 Å². The van der Waals surface area contributed by atoms with Gasteiger partial charge in [-0.2, -0.15) is 16.9 Å². The number of carbonyl (C=O) groups excluding carboxylic acids is 1. The van der Waals surface area contributed by atoms with Crippen molar-refractivity contribution in [2.24, 2.45) is 0 Å². The zero-order valence-electron chi connectivity index (χ0n) is 12.4. The van der Waals surface area contributed by atoms with E-state index in [1.807, 2.05) is 20.1 Å². The normalized spacial score (nSPS) is 12.2. The first-order valence-electron chi connectivity index (χ1n) is 6.60. The van der Waals surface area contributed by atoms with Gasteiger partial charge in [-0.1, -0.05) is 0 Å². The fraction of sp³-hybridized carbons (Fsp3) is 0.667. The van der Waals surface area contributed by atoms with E-state index >= 15 is 0 Å². The van der Waals surface area contributed by atoms with Crippen LogP contribution in [0.4, 0.5) is 4.79 Å². The Balaban J connectivity index is 2.49. The Morgan fingerprint density at radius 3 is 2.76 bits per heavy atom. The summed E-state index contributed by atoms with van der Waals surface area (Å²) >= 11 is 1.53. The summed E-state index contributed by atoms with van der Waals surface area (Å²) in [7, 11) is 0. The van der Waals surface area contributed by atoms with Crippen LogP contribution in [-0.4, -0.2) is 49.9 Å². The summed E-state index contributed by atoms with van der Waals surface area (Å²) in [4.78, 5) is 26.8. The summed E-state index contributed by atoms with van der Waals surface area (Å²) in [5, 5.41) is 18.1. The fourth-order valence-corrected chi connectivity index (χ4v) is 2.17. The van der Waals surface area contributed by atoms with Crippen molar-refractivity contribution in [2.45, 2.75) is 38.9 Å². The van der Waals surface area contributed by atoms with Crippen LogP contribution in [0.15, 0.2) is 6.33 Å². The molecule has 0 bridgehead atoms. The highest BCUT2D eigenvalue weighted by molar-refractivity contribution is 7.98. The number of carbonyl (C=O) groups is 2. The van der Waals surface area contributed by atoms with Gasteiger partial charge in [0.25, 0.3) is 0 Å². The zero-order valence-corrected chi connectivity index (χ0v) is 13.2. The summed E-state index contributed by atoms with van der Waals surface area (Å²) in [5.41, 5.74) is 0. The molecule has 9 heteroatoms. The lowest BCUT2D eigenvalue weighted by molar-refractivity contribution is -0.139. The van der Waals surface area contributed by atoms with Gasteiger partial charge in [-0.15, -0.1) is 0 Å². The van der Waals surface area contributed by atoms with Gasteiger partial charge in [-0.05, 0) is 32.3 Å². The Kier molecular flexibility index (Phi) is 7.00. The Labute approximate surface area is 127 Å². The lowest BCUT2D eigenvalue weighted by Gasteiger charge is -2.15. The van der Waals surface area contributed by atoms with Crippen LogP contribution in [0.3, 0.4) is 0 Å². The molecule has 0 saturated heterocycles. The van der Waals surface area contributed by atoms with Crippen molar-refractivity contribution in [3.05, 3.63) is 12.2 Å². The topological polar surface area (TPSA) is 109 Å². The van der Waals surface area contributed by atoms with E-state index in [4.69, 9.17) is 5.11 Å². The number of carboxylic acid groups (broad SMARTS) is 1. The number of aromatic nitrogens is 3. The molecule has 0 aliphatic rings. The minimum absolute atomic E-state index is 0.140. The molecule has 0 saturated carbocycles. The molecular weight excluding hydrogens is 294 g/mol. The van der Waals surface area contributed by atoms with Crippen LogP contribution in [0, 0.1) is 0 Å². The molecule has 0 aliphatic heterocycles. The molecule has 0 radical (unpaired) electrons. The van der Waals surface area contributed by atoms with Crippen molar-refractivity contribution in [1.29, 1.82) is 0 Å². The molecule has 1 atom stereocenters. The zero-order chi connectivity index (χ0) is 15.8. The molecule has 0 aliphatic carbocycles. The van der Waals surface area contributed by atoms with Crippen LogP contribution < -0.4 is 10.6 Å². The summed E-state index contributed by atoms with van der Waals surface area (Å²) in [6.07, 6.45) is 3.69. The summed E-state index contributed by atoms with van der Waals surface area (Å²) in [5.74, 6) is 0.250. The molecule has 1 unspecified atom stereocenters. The van der Waals surface area contributed by atoms with E-state index in [2.05, 4.69) is 20.7 Å². The second-order valence-corrected chi connectivity index (χ2v) is 5.70. The molecule has 1 aromatic rings. The van der Waals surface area contributed by atoms with Gasteiger partial charge in [-0.3, -0.25) is 0 Å². The van der Waals surface area contributed by atoms with Gasteiger partial charge >= 0.3 is 12.0 Å². The van der Waals surface area contributed by atoms with Gasteiger partial charge in [0.05, 0.1) is 6.54 Å². The predicted octanol–water partition coefficient (Wildman–Crippen LogP) is 0.864. The number of aliphatic carboxylic acids is 1. The monoisotopic (exact) mass is 315 g/mol. The van der Waals surface area contributed by atoms with Crippen molar-refractivity contribution in [2.75, 3.05) is 12.0 Å². The maximum Gasteiger partial charge on any atom is 0.326 e. The van der Waals surface area contributed by atoms with Gasteiger partial charge in [0.1, 0.15) is 18.2 Å². The number of hydrogen-bond donors (Lipinski definition) is 3. The van der Waals surface area contributed by atoms with Gasteiger partial charge < -0.3 is 15.7 Å². The van der Waals surface area contributed by atoms with Crippen LogP contribution in [-0.2, 0) is 11.3 Å². The summed E-state index contributed by atoms with van der Waals surface area (Å²) < 4.78 is 1.70. The third-order valence-corrected chi connectivity index (χ3v) is 3.40. The third kappa shape index (κ3) is 5.62. The molecule has 1 rings (SSSR count). The predicted molar refractivity (Wildman–Crippen MR) is 80.2 cm³/mol. The average Bonchev–Trinajstić information content (AvgIpc) is 2.89. The molecule has 0 fully saturated rings. The van der Waals surface area contributed by atoms with Crippen molar-refractivity contribution in [3.63, 3.8) is 0 Å². The fourth-order valence-electron chi connectivity index (χ4n) is 1.69. The van der Waals surface area contributed by atoms with E-state index in [0.717, 1.165) is 0 Å². The third-order valence-electron chi connectivity index (χ3n) is 2.76. The lowest BCUT2D eigenvalue weighted by atomic mass is 10.2. The number of hydrogen-bond acceptors (Lipinski definition) is 5. The van der Waals surface area contributed by atoms with Crippen LogP contribution in [0.2, 0.25) is 0 Å². The second-order valence-electron chi connectivity index (χ2n) is 4.71. The largest absolute Gasteiger partial charge is 0.480 e. The maximum absolute atomic E-state index is 11.7. The summed E-state index contributed by atoms with van der Waals surface area (Å²) in [6.45, 7) is 4.11. The second kappa shape index (κ2) is 8.50. The van der Waals surface area contributed by atoms with E-state index in [-0.39, 0.29) is 12.6 Å². The van der Waals surface area contributed by atoms with Crippen LogP contribution in [0.1, 0.15) is 32.1 Å². The highest BCUT2D eigenvalue weighted by atomic mass is 32.2. The molecular formula is C12H21N5O3S. The van der Waals surface area contributed by atoms with Crippen LogP contribution in [0.5, 0.6) is 0 Å². The molecule has 8 nitrogen and oxygen atoms in total. The van der Waals surface area contributed by atoms with E-state index in [1.165, 1.54) is 18.1 Å². The minimum atomic E-state index is -1.04. The SMILES string of the molecule is CSCCC(NC(=O)NCc1ncnn1C(C)C)C(=O)O. The Morgan fingerprint density at radius 1 is 1.48 bits per heavy atom. The quantitative estimate of drug-likeness (QED) is 0.656. The number of nitrogens with zero attached hydrogens (tertiary/aromatic N) is 3. The molecule has 0 aromatic carbocycles. The molecule has 1 aromatic heterocycles. The van der Waals surface area contributed by atoms with Crippen molar-refractivity contribution in [1.82, 2.24) is 25.4 Å². The number of nitrogens with one attached hydrogen (secondary N) is 2. The van der Waals surface area contributed by atoms with Crippen LogP contribution in [0.25, 0.3) is 0 Å². The highest BCUT2D eigenvalue weighted by Crippen LogP contribution is 2.05. The van der Waals surface area contributed by atoms with Gasteiger partial charge in [0.2, 0.25) is 0 Å². The van der Waals surface area contributed by atoms with E-state index in [1.54, 1.807) is 4.68 Å². The average molecular weight is 315 g/mol. The lowest BCUT2D eigenvalue weighted by Crippen LogP contribution is -2.46. The molecule has 118 valence electrons. The van der Waals surface area contributed by atoms with Gasteiger partial charge in [0, 0.05) is 6.04 Å². The number of rotatable bonds is 8. The molecule has 3 N–H and O–H groups in total. The van der Waals surface area contributed by atoms with Crippen molar-refractivity contribution in [3.8, 4) is 0 Å². The molecule has 2 amide bonds. The summed E-state index contributed by atoms with van der Waals surface area (Å²) in [6, 6.07) is -1.28. The minimum Gasteiger partial charge on any atom is -0.480 e. The Hall–Kier alpha value is -1.77. The van der Waals surface area contributed by atoms with E-state index in [0.29, 0.717) is 18.0 Å². The Morgan fingerprint density at radius 2 is 2.19 bits per heavy atom. The standard InChI is InChI=1S/C12H21N5O3S/c1-8(2)17-10(14-7-15-17)6-13-12(20)16-9(11(18)19)4-5-21-3/h7-9H,4-6H2,1-3H3,(H,18,19)(H2,13,16,20). The highest BCUT2D eigenvalue weighted by Gasteiger charge is 2.19. The van der Waals surface area contributed by atoms with E-state index < -0.39 is 18.0 Å². The maximum atomic E-state index is 11.7. The number of urea groups is 1. The number of carboxylic acids is 1. The molecule has 21 heavy (non-hydrogen) atoms. The first kappa shape index (κ1) is 17.3. The number of thioether (sulfide) groups is 1. The molecule has 1 heterocycles. The van der Waals surface area contributed by atoms with Crippen molar-refractivity contribution < 1.29 is 14.7 Å². The van der Waals surface area contributed by atoms with Gasteiger partial charge in [0.15, 0.2) is 0 Å². The van der Waals surface area contributed by atoms with Crippen LogP contribution >= 0.6 is 11.8 Å². The number of amides is 2. The van der Waals surface area contributed by atoms with E-state index in [9.17, 15) is 9.59 Å². The smallest absolute Gasteiger partial charge is 0.326 e. The Bertz CT molecular complexity index is 477. The first-order chi connectivity index (χ1) is 9.95.